The Labute approximate surface area is 115 Å². The van der Waals surface area contributed by atoms with Gasteiger partial charge in [0.25, 0.3) is 0 Å². The molecule has 0 radical (unpaired) electrons. The fourth-order valence-corrected chi connectivity index (χ4v) is 2.47. The molecule has 0 fully saturated rings. The third kappa shape index (κ3) is 5.16. The summed E-state index contributed by atoms with van der Waals surface area (Å²) in [5.74, 6) is -1.15. The Hall–Kier alpha value is -1.14. The van der Waals surface area contributed by atoms with Gasteiger partial charge in [0.05, 0.1) is 7.11 Å². The van der Waals surface area contributed by atoms with Gasteiger partial charge < -0.3 is 10.1 Å². The van der Waals surface area contributed by atoms with E-state index < -0.39 is 23.6 Å². The van der Waals surface area contributed by atoms with Crippen LogP contribution in [0.25, 0.3) is 0 Å². The number of methoxy groups -OCH3 is 1. The molecule has 1 aromatic carbocycles. The van der Waals surface area contributed by atoms with Crippen LogP contribution in [0.15, 0.2) is 23.1 Å². The molecule has 106 valence electrons. The molecule has 0 saturated carbocycles. The zero-order valence-electron chi connectivity index (χ0n) is 11.1. The third-order valence-electron chi connectivity index (χ3n) is 2.32. The van der Waals surface area contributed by atoms with E-state index in [1.54, 1.807) is 0 Å². The molecule has 0 spiro atoms. The number of nitrogens with one attached hydrogen (secondary N) is 1. The predicted octanol–water partition coefficient (Wildman–Crippen LogP) is 2.60. The van der Waals surface area contributed by atoms with Gasteiger partial charge in [-0.15, -0.1) is 11.8 Å². The van der Waals surface area contributed by atoms with Crippen LogP contribution in [0.2, 0.25) is 0 Å². The van der Waals surface area contributed by atoms with Gasteiger partial charge in [0.1, 0.15) is 17.7 Å². The molecule has 1 unspecified atom stereocenters. The average molecular weight is 289 g/mol. The largest absolute Gasteiger partial charge is 0.468 e. The fourth-order valence-electron chi connectivity index (χ4n) is 1.49. The number of hydrogen-bond donors (Lipinski definition) is 1. The molecule has 0 amide bonds. The topological polar surface area (TPSA) is 38.3 Å². The number of esters is 1. The first kappa shape index (κ1) is 15.9. The van der Waals surface area contributed by atoms with Gasteiger partial charge >= 0.3 is 5.97 Å². The van der Waals surface area contributed by atoms with Crippen molar-refractivity contribution in [3.63, 3.8) is 0 Å². The minimum atomic E-state index is -0.558. The number of thioether (sulfide) groups is 1. The Kier molecular flexibility index (Phi) is 6.24. The summed E-state index contributed by atoms with van der Waals surface area (Å²) in [4.78, 5) is 11.7. The molecule has 3 nitrogen and oxygen atoms in total. The lowest BCUT2D eigenvalue weighted by Crippen LogP contribution is -2.43. The Balaban J connectivity index is 2.70. The maximum absolute atomic E-state index is 13.4. The van der Waals surface area contributed by atoms with Gasteiger partial charge in [0.2, 0.25) is 0 Å². The first-order valence-corrected chi connectivity index (χ1v) is 6.84. The van der Waals surface area contributed by atoms with Crippen LogP contribution in [-0.4, -0.2) is 30.9 Å². The molecule has 0 aliphatic heterocycles. The summed E-state index contributed by atoms with van der Waals surface area (Å²) in [6, 6.07) is 2.77. The van der Waals surface area contributed by atoms with E-state index in [1.807, 2.05) is 13.8 Å². The molecule has 0 heterocycles. The molecule has 0 aliphatic rings. The fraction of sp³-hybridized carbons (Fsp3) is 0.462. The van der Waals surface area contributed by atoms with E-state index in [4.69, 9.17) is 0 Å². The zero-order chi connectivity index (χ0) is 14.4. The normalized spacial score (nSPS) is 12.5. The van der Waals surface area contributed by atoms with Crippen molar-refractivity contribution in [2.45, 2.75) is 30.8 Å². The van der Waals surface area contributed by atoms with Crippen LogP contribution in [0.1, 0.15) is 13.8 Å². The van der Waals surface area contributed by atoms with Crippen molar-refractivity contribution in [1.29, 1.82) is 0 Å². The van der Waals surface area contributed by atoms with E-state index in [-0.39, 0.29) is 16.7 Å². The van der Waals surface area contributed by atoms with Crippen molar-refractivity contribution in [2.24, 2.45) is 0 Å². The van der Waals surface area contributed by atoms with Crippen molar-refractivity contribution in [2.75, 3.05) is 12.9 Å². The number of benzene rings is 1. The molecular formula is C13H17F2NO2S. The van der Waals surface area contributed by atoms with Gasteiger partial charge in [0, 0.05) is 16.7 Å². The maximum Gasteiger partial charge on any atom is 0.323 e. The molecule has 1 aromatic rings. The van der Waals surface area contributed by atoms with E-state index in [9.17, 15) is 13.6 Å². The minimum absolute atomic E-state index is 0.0852. The smallest absolute Gasteiger partial charge is 0.323 e. The molecule has 0 bridgehead atoms. The number of carbonyl (C=O) groups is 1. The molecule has 0 aliphatic carbocycles. The van der Waals surface area contributed by atoms with E-state index >= 15 is 0 Å². The van der Waals surface area contributed by atoms with Crippen LogP contribution in [0.3, 0.4) is 0 Å². The summed E-state index contributed by atoms with van der Waals surface area (Å²) in [6.07, 6.45) is 0. The standard InChI is InChI=1S/C13H17F2NO2S/c1-8(2)16-11(13(17)18-3)7-19-12-6-9(14)4-5-10(12)15/h4-6,8,11,16H,7H2,1-3H3. The summed E-state index contributed by atoms with van der Waals surface area (Å²) in [6.45, 7) is 3.78. The highest BCUT2D eigenvalue weighted by molar-refractivity contribution is 7.99. The highest BCUT2D eigenvalue weighted by atomic mass is 32.2. The van der Waals surface area contributed by atoms with Crippen LogP contribution in [0, 0.1) is 11.6 Å². The summed E-state index contributed by atoms with van der Waals surface area (Å²) >= 11 is 1.08. The number of carbonyl (C=O) groups excluding carboxylic acids is 1. The van der Waals surface area contributed by atoms with Crippen molar-refractivity contribution in [3.8, 4) is 0 Å². The second-order valence-electron chi connectivity index (χ2n) is 4.28. The Morgan fingerprint density at radius 1 is 1.42 bits per heavy atom. The SMILES string of the molecule is COC(=O)C(CSc1cc(F)ccc1F)NC(C)C. The lowest BCUT2D eigenvalue weighted by molar-refractivity contribution is -0.142. The van der Waals surface area contributed by atoms with Gasteiger partial charge in [-0.25, -0.2) is 8.78 Å². The summed E-state index contributed by atoms with van der Waals surface area (Å²) in [7, 11) is 1.30. The summed E-state index contributed by atoms with van der Waals surface area (Å²) < 4.78 is 31.1. The van der Waals surface area contributed by atoms with Gasteiger partial charge in [-0.1, -0.05) is 13.8 Å². The quantitative estimate of drug-likeness (QED) is 0.645. The van der Waals surface area contributed by atoms with Gasteiger partial charge in [-0.05, 0) is 18.2 Å². The van der Waals surface area contributed by atoms with Crippen LogP contribution >= 0.6 is 11.8 Å². The molecule has 1 rings (SSSR count). The Morgan fingerprint density at radius 3 is 2.68 bits per heavy atom. The lowest BCUT2D eigenvalue weighted by Gasteiger charge is -2.18. The van der Waals surface area contributed by atoms with Crippen LogP contribution < -0.4 is 5.32 Å². The van der Waals surface area contributed by atoms with Gasteiger partial charge in [-0.2, -0.15) is 0 Å². The number of ether oxygens (including phenoxy) is 1. The number of halogens is 2. The molecule has 0 aromatic heterocycles. The minimum Gasteiger partial charge on any atom is -0.468 e. The lowest BCUT2D eigenvalue weighted by atomic mass is 10.3. The van der Waals surface area contributed by atoms with Crippen LogP contribution in [-0.2, 0) is 9.53 Å². The first-order valence-electron chi connectivity index (χ1n) is 5.85. The molecule has 0 saturated heterocycles. The van der Waals surface area contributed by atoms with Crippen molar-refractivity contribution in [3.05, 3.63) is 29.8 Å². The molecule has 1 atom stereocenters. The summed E-state index contributed by atoms with van der Waals surface area (Å²) in [5, 5.41) is 3.02. The monoisotopic (exact) mass is 289 g/mol. The van der Waals surface area contributed by atoms with Crippen LogP contribution in [0.5, 0.6) is 0 Å². The van der Waals surface area contributed by atoms with Gasteiger partial charge in [0.15, 0.2) is 0 Å². The van der Waals surface area contributed by atoms with E-state index in [0.717, 1.165) is 30.0 Å². The second kappa shape index (κ2) is 7.45. The van der Waals surface area contributed by atoms with E-state index in [2.05, 4.69) is 10.1 Å². The summed E-state index contributed by atoms with van der Waals surface area (Å²) in [5.41, 5.74) is 0. The first-order chi connectivity index (χ1) is 8.93. The third-order valence-corrected chi connectivity index (χ3v) is 3.44. The molecule has 19 heavy (non-hydrogen) atoms. The highest BCUT2D eigenvalue weighted by Gasteiger charge is 2.20. The van der Waals surface area contributed by atoms with Crippen molar-refractivity contribution >= 4 is 17.7 Å². The number of rotatable bonds is 6. The zero-order valence-corrected chi connectivity index (χ0v) is 11.9. The predicted molar refractivity (Wildman–Crippen MR) is 71.2 cm³/mol. The Bertz CT molecular complexity index is 441. The molecule has 6 heteroatoms. The second-order valence-corrected chi connectivity index (χ2v) is 5.34. The van der Waals surface area contributed by atoms with Crippen LogP contribution in [0.4, 0.5) is 8.78 Å². The maximum atomic E-state index is 13.4. The van der Waals surface area contributed by atoms with Gasteiger partial charge in [-0.3, -0.25) is 4.79 Å². The van der Waals surface area contributed by atoms with Crippen molar-refractivity contribution in [1.82, 2.24) is 5.32 Å². The highest BCUT2D eigenvalue weighted by Crippen LogP contribution is 2.23. The molecular weight excluding hydrogens is 272 g/mol. The Morgan fingerprint density at radius 2 is 2.11 bits per heavy atom. The van der Waals surface area contributed by atoms with E-state index in [1.165, 1.54) is 7.11 Å². The average Bonchev–Trinajstić information content (AvgIpc) is 2.36. The van der Waals surface area contributed by atoms with Crippen molar-refractivity contribution < 1.29 is 18.3 Å². The van der Waals surface area contributed by atoms with E-state index in [0.29, 0.717) is 0 Å². The number of hydrogen-bond acceptors (Lipinski definition) is 4. The molecule has 1 N–H and O–H groups in total.